The highest BCUT2D eigenvalue weighted by atomic mass is 31.1. The standard InChI is InChI=1S/C33H39B2O7P/c1-36-25-14-10-23(11-15-25)33(22-8-6-5-7-9-22,24-12-16-26(37-2)17-13-24)39-20-29-28(19-32(35)40-29)42-43(4)21-30-27(38-3)18-31(34)41-30/h5-17,27-32H,18-21H2,1-4H3/t27-,28-,29-,30-,31-,32-,43?/m1/s1. The third kappa shape index (κ3) is 7.30. The SMILES string of the molecule is [B][C@H]1C[C@@H](OC)[C@@H](CP(C)O[C@@H]2C[C@H]([B])O[C@@H]2COC(c2ccccc2)(c2ccc(OC)cc2)c2ccc(OC)cc2)O1. The fourth-order valence-corrected chi connectivity index (χ4v) is 7.57. The summed E-state index contributed by atoms with van der Waals surface area (Å²) in [4.78, 5) is 0. The van der Waals surface area contributed by atoms with Crippen LogP contribution in [-0.4, -0.2) is 92.9 Å². The van der Waals surface area contributed by atoms with Crippen LogP contribution < -0.4 is 9.47 Å². The molecule has 3 aromatic rings. The summed E-state index contributed by atoms with van der Waals surface area (Å²) in [7, 11) is 16.5. The van der Waals surface area contributed by atoms with Crippen molar-refractivity contribution in [3.8, 4) is 11.5 Å². The molecule has 3 aromatic carbocycles. The molecule has 43 heavy (non-hydrogen) atoms. The molecule has 4 radical (unpaired) electrons. The largest absolute Gasteiger partial charge is 0.497 e. The number of ether oxygens (including phenoxy) is 6. The molecule has 7 atom stereocenters. The van der Waals surface area contributed by atoms with Crippen LogP contribution in [0.25, 0.3) is 0 Å². The minimum absolute atomic E-state index is 0.0368. The molecule has 10 heteroatoms. The van der Waals surface area contributed by atoms with E-state index in [2.05, 4.69) is 18.8 Å². The molecule has 5 rings (SSSR count). The second kappa shape index (κ2) is 14.6. The van der Waals surface area contributed by atoms with Crippen molar-refractivity contribution in [2.45, 2.75) is 54.9 Å². The molecular formula is C33H39B2O7P. The lowest BCUT2D eigenvalue weighted by Crippen LogP contribution is -2.38. The molecular weight excluding hydrogens is 561 g/mol. The van der Waals surface area contributed by atoms with Gasteiger partial charge in [-0.25, -0.2) is 0 Å². The zero-order valence-electron chi connectivity index (χ0n) is 25.3. The summed E-state index contributed by atoms with van der Waals surface area (Å²) in [5.41, 5.74) is 1.91. The Morgan fingerprint density at radius 3 is 1.77 bits per heavy atom. The average molecular weight is 600 g/mol. The fraction of sp³-hybridized carbons (Fsp3) is 0.455. The molecule has 0 amide bonds. The first kappa shape index (κ1) is 32.0. The summed E-state index contributed by atoms with van der Waals surface area (Å²) in [6, 6.07) is 25.4. The molecule has 2 fully saturated rings. The van der Waals surface area contributed by atoms with Gasteiger partial charge in [-0.3, -0.25) is 0 Å². The normalized spacial score (nSPS) is 26.3. The lowest BCUT2D eigenvalue weighted by molar-refractivity contribution is -0.0690. The van der Waals surface area contributed by atoms with Crippen molar-refractivity contribution in [2.24, 2.45) is 0 Å². The molecule has 2 aliphatic heterocycles. The maximum absolute atomic E-state index is 7.06. The van der Waals surface area contributed by atoms with E-state index in [1.165, 1.54) is 0 Å². The van der Waals surface area contributed by atoms with E-state index in [4.69, 9.17) is 48.6 Å². The maximum Gasteiger partial charge on any atom is 0.143 e. The van der Waals surface area contributed by atoms with Crippen LogP contribution in [0.1, 0.15) is 29.5 Å². The first-order chi connectivity index (χ1) is 20.9. The number of rotatable bonds is 13. The monoisotopic (exact) mass is 600 g/mol. The Balaban J connectivity index is 1.43. The van der Waals surface area contributed by atoms with Crippen molar-refractivity contribution in [1.29, 1.82) is 0 Å². The van der Waals surface area contributed by atoms with Crippen LogP contribution in [0.2, 0.25) is 0 Å². The molecule has 0 bridgehead atoms. The Hall–Kier alpha value is -2.38. The summed E-state index contributed by atoms with van der Waals surface area (Å²) in [6.07, 6.45) is 1.22. The Bertz CT molecular complexity index is 1230. The zero-order valence-corrected chi connectivity index (χ0v) is 26.2. The molecule has 224 valence electrons. The van der Waals surface area contributed by atoms with Gasteiger partial charge >= 0.3 is 0 Å². The van der Waals surface area contributed by atoms with Crippen LogP contribution in [0.15, 0.2) is 78.9 Å². The van der Waals surface area contributed by atoms with Crippen molar-refractivity contribution < 1.29 is 32.9 Å². The van der Waals surface area contributed by atoms with Crippen LogP contribution in [-0.2, 0) is 29.1 Å². The Kier molecular flexibility index (Phi) is 10.9. The van der Waals surface area contributed by atoms with E-state index in [1.54, 1.807) is 21.3 Å². The summed E-state index contributed by atoms with van der Waals surface area (Å²) in [5, 5.41) is 0. The van der Waals surface area contributed by atoms with Crippen LogP contribution in [0.3, 0.4) is 0 Å². The quantitative estimate of drug-likeness (QED) is 0.156. The van der Waals surface area contributed by atoms with Gasteiger partial charge in [0.05, 0.1) is 39.1 Å². The molecule has 0 aromatic heterocycles. The lowest BCUT2D eigenvalue weighted by atomic mass is 9.80. The lowest BCUT2D eigenvalue weighted by Gasteiger charge is -2.37. The van der Waals surface area contributed by atoms with Gasteiger partial charge in [-0.15, -0.1) is 0 Å². The van der Waals surface area contributed by atoms with E-state index in [0.29, 0.717) is 19.0 Å². The van der Waals surface area contributed by atoms with Gasteiger partial charge in [0.25, 0.3) is 0 Å². The first-order valence-electron chi connectivity index (χ1n) is 14.6. The third-order valence-electron chi connectivity index (χ3n) is 8.15. The second-order valence-corrected chi connectivity index (χ2v) is 12.8. The van der Waals surface area contributed by atoms with Gasteiger partial charge in [0.1, 0.15) is 38.9 Å². The summed E-state index contributed by atoms with van der Waals surface area (Å²) < 4.78 is 42.3. The predicted molar refractivity (Wildman–Crippen MR) is 170 cm³/mol. The van der Waals surface area contributed by atoms with Crippen LogP contribution >= 0.6 is 8.15 Å². The van der Waals surface area contributed by atoms with Gasteiger partial charge in [0.2, 0.25) is 0 Å². The highest BCUT2D eigenvalue weighted by molar-refractivity contribution is 7.51. The van der Waals surface area contributed by atoms with Crippen molar-refractivity contribution in [2.75, 3.05) is 40.8 Å². The fourth-order valence-electron chi connectivity index (χ4n) is 5.97. The molecule has 0 aliphatic carbocycles. The molecule has 2 aliphatic rings. The number of benzene rings is 3. The molecule has 0 saturated carbocycles. The third-order valence-corrected chi connectivity index (χ3v) is 9.66. The molecule has 0 spiro atoms. The van der Waals surface area contributed by atoms with Gasteiger partial charge in [0.15, 0.2) is 0 Å². The Morgan fingerprint density at radius 1 is 0.721 bits per heavy atom. The molecule has 1 unspecified atom stereocenters. The van der Waals surface area contributed by atoms with Crippen molar-refractivity contribution >= 4 is 23.8 Å². The van der Waals surface area contributed by atoms with Crippen molar-refractivity contribution in [3.05, 3.63) is 95.6 Å². The van der Waals surface area contributed by atoms with Gasteiger partial charge in [-0.05, 0) is 60.5 Å². The van der Waals surface area contributed by atoms with E-state index in [-0.39, 0.29) is 37.0 Å². The average Bonchev–Trinajstić information content (AvgIpc) is 3.57. The molecule has 7 nitrogen and oxygen atoms in total. The van der Waals surface area contributed by atoms with E-state index in [0.717, 1.165) is 28.2 Å². The van der Waals surface area contributed by atoms with Crippen LogP contribution in [0.4, 0.5) is 0 Å². The van der Waals surface area contributed by atoms with E-state index >= 15 is 0 Å². The highest BCUT2D eigenvalue weighted by Crippen LogP contribution is 2.44. The molecule has 2 heterocycles. The number of methoxy groups -OCH3 is 3. The predicted octanol–water partition coefficient (Wildman–Crippen LogP) is 5.01. The molecule has 0 N–H and O–H groups in total. The second-order valence-electron chi connectivity index (χ2n) is 10.9. The molecule has 2 saturated heterocycles. The number of hydrogen-bond acceptors (Lipinski definition) is 7. The number of hydrogen-bond donors (Lipinski definition) is 0. The van der Waals surface area contributed by atoms with Crippen molar-refractivity contribution in [3.63, 3.8) is 0 Å². The summed E-state index contributed by atoms with van der Waals surface area (Å²) in [5.74, 6) is 1.52. The smallest absolute Gasteiger partial charge is 0.143 e. The van der Waals surface area contributed by atoms with Gasteiger partial charge in [-0.1, -0.05) is 54.6 Å². The van der Waals surface area contributed by atoms with E-state index in [1.807, 2.05) is 66.7 Å². The summed E-state index contributed by atoms with van der Waals surface area (Å²) >= 11 is 0. The highest BCUT2D eigenvalue weighted by Gasteiger charge is 2.42. The zero-order chi connectivity index (χ0) is 30.4. The van der Waals surface area contributed by atoms with E-state index < -0.39 is 19.8 Å². The minimum atomic E-state index is -0.961. The first-order valence-corrected chi connectivity index (χ1v) is 16.5. The van der Waals surface area contributed by atoms with Crippen LogP contribution in [0, 0.1) is 0 Å². The van der Waals surface area contributed by atoms with Crippen LogP contribution in [0.5, 0.6) is 11.5 Å². The Morgan fingerprint density at radius 2 is 1.23 bits per heavy atom. The topological polar surface area (TPSA) is 64.6 Å². The maximum atomic E-state index is 7.06. The van der Waals surface area contributed by atoms with E-state index in [9.17, 15) is 0 Å². The Labute approximate surface area is 259 Å². The van der Waals surface area contributed by atoms with Gasteiger partial charge < -0.3 is 32.9 Å². The van der Waals surface area contributed by atoms with Gasteiger partial charge in [-0.2, -0.15) is 0 Å². The van der Waals surface area contributed by atoms with Gasteiger partial charge in [0, 0.05) is 33.4 Å². The van der Waals surface area contributed by atoms with Crippen molar-refractivity contribution in [1.82, 2.24) is 0 Å². The summed E-state index contributed by atoms with van der Waals surface area (Å²) in [6.45, 7) is 2.35. The minimum Gasteiger partial charge on any atom is -0.497 e.